The van der Waals surface area contributed by atoms with Crippen LogP contribution in [0.5, 0.6) is 0 Å². The van der Waals surface area contributed by atoms with Gasteiger partial charge in [0.05, 0.1) is 29.3 Å². The number of aryl methyl sites for hydroxylation is 1. The summed E-state index contributed by atoms with van der Waals surface area (Å²) in [6.45, 7) is 6.28. The van der Waals surface area contributed by atoms with Crippen LogP contribution >= 0.6 is 0 Å². The molecule has 0 unspecified atom stereocenters. The van der Waals surface area contributed by atoms with E-state index in [9.17, 15) is 9.59 Å². The topological polar surface area (TPSA) is 86.2 Å². The number of carbonyl (C=O) groups is 1. The first-order chi connectivity index (χ1) is 14.9. The summed E-state index contributed by atoms with van der Waals surface area (Å²) >= 11 is 0. The molecule has 31 heavy (non-hydrogen) atoms. The van der Waals surface area contributed by atoms with Gasteiger partial charge in [0.15, 0.2) is 5.58 Å². The average Bonchev–Trinajstić information content (AvgIpc) is 3.44. The van der Waals surface area contributed by atoms with Gasteiger partial charge in [-0.05, 0) is 45.7 Å². The number of nitrogens with zero attached hydrogens (tertiary/aromatic N) is 5. The van der Waals surface area contributed by atoms with Crippen molar-refractivity contribution >= 4 is 27.9 Å². The average molecular weight is 419 g/mol. The van der Waals surface area contributed by atoms with Crippen LogP contribution in [0, 0.1) is 6.92 Å². The van der Waals surface area contributed by atoms with E-state index >= 15 is 0 Å². The minimum absolute atomic E-state index is 0.0587. The van der Waals surface area contributed by atoms with Gasteiger partial charge < -0.3 is 13.9 Å². The van der Waals surface area contributed by atoms with Gasteiger partial charge in [0.25, 0.3) is 5.56 Å². The van der Waals surface area contributed by atoms with E-state index in [0.717, 1.165) is 29.8 Å². The molecule has 1 aliphatic carbocycles. The van der Waals surface area contributed by atoms with Gasteiger partial charge in [0.1, 0.15) is 17.8 Å². The minimum Gasteiger partial charge on any atom is -0.459 e. The molecule has 8 nitrogen and oxygen atoms in total. The van der Waals surface area contributed by atoms with E-state index < -0.39 is 0 Å². The second kappa shape index (κ2) is 7.37. The van der Waals surface area contributed by atoms with Crippen molar-refractivity contribution in [1.29, 1.82) is 0 Å². The Hall–Kier alpha value is -3.42. The van der Waals surface area contributed by atoms with Crippen LogP contribution in [0.4, 0.5) is 0 Å². The number of hydrogen-bond donors (Lipinski definition) is 0. The van der Waals surface area contributed by atoms with Crippen molar-refractivity contribution in [3.63, 3.8) is 0 Å². The van der Waals surface area contributed by atoms with Crippen molar-refractivity contribution in [2.45, 2.75) is 58.8 Å². The fourth-order valence-corrected chi connectivity index (χ4v) is 4.21. The number of aromatic nitrogens is 4. The molecule has 160 valence electrons. The molecule has 1 aliphatic rings. The molecular weight excluding hydrogens is 394 g/mol. The van der Waals surface area contributed by atoms with Crippen LogP contribution < -0.4 is 5.56 Å². The lowest BCUT2D eigenvalue weighted by Gasteiger charge is -2.22. The lowest BCUT2D eigenvalue weighted by molar-refractivity contribution is -0.133. The number of rotatable bonds is 6. The van der Waals surface area contributed by atoms with Crippen molar-refractivity contribution in [3.05, 3.63) is 58.5 Å². The van der Waals surface area contributed by atoms with E-state index in [0.29, 0.717) is 23.0 Å². The van der Waals surface area contributed by atoms with Gasteiger partial charge in [-0.1, -0.05) is 6.07 Å². The fraction of sp³-hybridized carbons (Fsp3) is 0.391. The molecule has 1 amide bonds. The van der Waals surface area contributed by atoms with Crippen LogP contribution in [0.15, 0.2) is 45.9 Å². The summed E-state index contributed by atoms with van der Waals surface area (Å²) in [4.78, 5) is 32.7. The largest absolute Gasteiger partial charge is 0.459 e. The van der Waals surface area contributed by atoms with E-state index in [2.05, 4.69) is 10.1 Å². The van der Waals surface area contributed by atoms with E-state index in [1.165, 1.54) is 4.68 Å². The third kappa shape index (κ3) is 3.41. The Morgan fingerprint density at radius 3 is 2.81 bits per heavy atom. The van der Waals surface area contributed by atoms with Crippen molar-refractivity contribution in [3.8, 4) is 0 Å². The summed E-state index contributed by atoms with van der Waals surface area (Å²) in [5, 5.41) is 4.99. The zero-order chi connectivity index (χ0) is 21.7. The lowest BCUT2D eigenvalue weighted by Crippen LogP contribution is -2.38. The number of furan rings is 1. The molecule has 4 heterocycles. The second-order valence-electron chi connectivity index (χ2n) is 8.48. The maximum Gasteiger partial charge on any atom is 0.291 e. The standard InChI is InChI=1S/C23H25N5O3/c1-14(2)28-19-10-15(3)31-22(19)18-11-25-27(23(30)21(18)28)13-20(29)26(17-7-8-17)12-16-6-4-5-9-24-16/h4-6,9-11,14,17H,7-8,12-13H2,1-3H3. The normalized spacial score (nSPS) is 14.1. The highest BCUT2D eigenvalue weighted by Gasteiger charge is 2.33. The molecule has 0 bridgehead atoms. The van der Waals surface area contributed by atoms with Crippen molar-refractivity contribution in [2.24, 2.45) is 0 Å². The Kier molecular flexibility index (Phi) is 4.64. The Balaban J connectivity index is 1.51. The molecule has 0 saturated heterocycles. The molecule has 4 aromatic rings. The number of hydrogen-bond acceptors (Lipinski definition) is 5. The highest BCUT2D eigenvalue weighted by atomic mass is 16.3. The summed E-state index contributed by atoms with van der Waals surface area (Å²) in [5.74, 6) is 0.666. The molecule has 0 spiro atoms. The van der Waals surface area contributed by atoms with E-state index in [1.807, 2.05) is 54.5 Å². The number of carbonyl (C=O) groups excluding carboxylic acids is 1. The first-order valence-electron chi connectivity index (χ1n) is 10.6. The third-order valence-electron chi connectivity index (χ3n) is 5.77. The van der Waals surface area contributed by atoms with E-state index in [-0.39, 0.29) is 30.1 Å². The summed E-state index contributed by atoms with van der Waals surface area (Å²) < 4.78 is 9.08. The predicted molar refractivity (Wildman–Crippen MR) is 117 cm³/mol. The molecule has 0 aliphatic heterocycles. The lowest BCUT2D eigenvalue weighted by atomic mass is 10.3. The second-order valence-corrected chi connectivity index (χ2v) is 8.48. The molecule has 0 N–H and O–H groups in total. The van der Waals surface area contributed by atoms with Crippen LogP contribution in [0.2, 0.25) is 0 Å². The van der Waals surface area contributed by atoms with Gasteiger partial charge in [0, 0.05) is 24.3 Å². The maximum atomic E-state index is 13.4. The molecular formula is C23H25N5O3. The molecule has 4 aromatic heterocycles. The van der Waals surface area contributed by atoms with Gasteiger partial charge >= 0.3 is 0 Å². The van der Waals surface area contributed by atoms with Gasteiger partial charge in [-0.3, -0.25) is 14.6 Å². The molecule has 5 rings (SSSR count). The van der Waals surface area contributed by atoms with Gasteiger partial charge in [-0.25, -0.2) is 4.68 Å². The smallest absolute Gasteiger partial charge is 0.291 e. The zero-order valence-corrected chi connectivity index (χ0v) is 17.9. The summed E-state index contributed by atoms with van der Waals surface area (Å²) in [6, 6.07) is 7.88. The molecule has 0 atom stereocenters. The Morgan fingerprint density at radius 2 is 2.13 bits per heavy atom. The van der Waals surface area contributed by atoms with Crippen molar-refractivity contribution in [1.82, 2.24) is 24.2 Å². The van der Waals surface area contributed by atoms with Gasteiger partial charge in [0.2, 0.25) is 5.91 Å². The van der Waals surface area contributed by atoms with E-state index in [1.54, 1.807) is 12.4 Å². The highest BCUT2D eigenvalue weighted by molar-refractivity contribution is 6.04. The predicted octanol–water partition coefficient (Wildman–Crippen LogP) is 3.42. The first kappa shape index (κ1) is 19.5. The fourth-order valence-electron chi connectivity index (χ4n) is 4.21. The van der Waals surface area contributed by atoms with Crippen molar-refractivity contribution in [2.75, 3.05) is 0 Å². The first-order valence-corrected chi connectivity index (χ1v) is 10.6. The molecule has 1 saturated carbocycles. The van der Waals surface area contributed by atoms with Gasteiger partial charge in [-0.15, -0.1) is 0 Å². The van der Waals surface area contributed by atoms with Crippen LogP contribution in [0.1, 0.15) is 44.2 Å². The Bertz CT molecular complexity index is 1330. The number of fused-ring (bicyclic) bond motifs is 3. The molecule has 8 heteroatoms. The van der Waals surface area contributed by atoms with Gasteiger partial charge in [-0.2, -0.15) is 5.10 Å². The maximum absolute atomic E-state index is 13.4. The van der Waals surface area contributed by atoms with Crippen LogP contribution in [-0.4, -0.2) is 36.2 Å². The van der Waals surface area contributed by atoms with Crippen LogP contribution in [0.3, 0.4) is 0 Å². The van der Waals surface area contributed by atoms with Crippen LogP contribution in [0.25, 0.3) is 22.0 Å². The Labute approximate surface area is 179 Å². The molecule has 0 radical (unpaired) electrons. The quantitative estimate of drug-likeness (QED) is 0.478. The molecule has 1 fully saturated rings. The van der Waals surface area contributed by atoms with Crippen LogP contribution in [-0.2, 0) is 17.9 Å². The summed E-state index contributed by atoms with van der Waals surface area (Å²) in [6.07, 6.45) is 5.31. The summed E-state index contributed by atoms with van der Waals surface area (Å²) in [5.41, 5.74) is 2.62. The minimum atomic E-state index is -0.280. The van der Waals surface area contributed by atoms with E-state index in [4.69, 9.17) is 4.42 Å². The monoisotopic (exact) mass is 419 g/mol. The van der Waals surface area contributed by atoms with Crippen molar-refractivity contribution < 1.29 is 9.21 Å². The molecule has 0 aromatic carbocycles. The summed E-state index contributed by atoms with van der Waals surface area (Å²) in [7, 11) is 0. The number of pyridine rings is 1. The third-order valence-corrected chi connectivity index (χ3v) is 5.77. The Morgan fingerprint density at radius 1 is 1.32 bits per heavy atom. The zero-order valence-electron chi connectivity index (χ0n) is 17.9. The SMILES string of the molecule is Cc1cc2c(o1)c1cnn(CC(=O)N(Cc3ccccn3)C3CC3)c(=O)c1n2C(C)C. The number of amides is 1. The highest BCUT2D eigenvalue weighted by Crippen LogP contribution is 2.32.